The number of ether oxygens (including phenoxy) is 1. The van der Waals surface area contributed by atoms with Crippen LogP contribution in [0.15, 0.2) is 72.0 Å². The van der Waals surface area contributed by atoms with Gasteiger partial charge in [0.25, 0.3) is 0 Å². The molecule has 0 aliphatic carbocycles. The highest BCUT2D eigenvalue weighted by molar-refractivity contribution is 14.0. The van der Waals surface area contributed by atoms with Crippen molar-refractivity contribution in [2.24, 2.45) is 4.99 Å². The van der Waals surface area contributed by atoms with E-state index in [1.54, 1.807) is 7.11 Å². The Kier molecular flexibility index (Phi) is 9.60. The molecule has 2 heterocycles. The van der Waals surface area contributed by atoms with Crippen molar-refractivity contribution in [3.8, 4) is 5.75 Å². The Morgan fingerprint density at radius 3 is 2.67 bits per heavy atom. The summed E-state index contributed by atoms with van der Waals surface area (Å²) in [5, 5.41) is 3.48. The Balaban J connectivity index is 0.00000306. The van der Waals surface area contributed by atoms with Crippen molar-refractivity contribution in [1.29, 1.82) is 0 Å². The molecule has 1 N–H and O–H groups in total. The van der Waals surface area contributed by atoms with Crippen LogP contribution in [0.4, 0.5) is 0 Å². The Bertz CT molecular complexity index is 1000. The highest BCUT2D eigenvalue weighted by atomic mass is 127. The maximum absolute atomic E-state index is 5.29. The van der Waals surface area contributed by atoms with Crippen LogP contribution in [0.1, 0.15) is 36.2 Å². The summed E-state index contributed by atoms with van der Waals surface area (Å²) < 4.78 is 7.51. The molecule has 0 saturated carbocycles. The molecule has 1 aromatic heterocycles. The van der Waals surface area contributed by atoms with Gasteiger partial charge in [0, 0.05) is 57.5 Å². The number of aliphatic imine (C=N–C) groups is 1. The van der Waals surface area contributed by atoms with Gasteiger partial charge in [-0.05, 0) is 36.6 Å². The molecule has 1 unspecified atom stereocenters. The number of aromatic nitrogens is 2. The molecule has 1 saturated heterocycles. The van der Waals surface area contributed by atoms with E-state index in [9.17, 15) is 0 Å². The molecule has 2 aromatic carbocycles. The van der Waals surface area contributed by atoms with Crippen molar-refractivity contribution in [3.63, 3.8) is 0 Å². The van der Waals surface area contributed by atoms with Gasteiger partial charge in [0.15, 0.2) is 5.96 Å². The van der Waals surface area contributed by atoms with Gasteiger partial charge in [-0.1, -0.05) is 42.5 Å². The molecule has 0 spiro atoms. The predicted molar refractivity (Wildman–Crippen MR) is 145 cm³/mol. The number of nitrogens with zero attached hydrogens (tertiary/aromatic N) is 4. The first-order valence-corrected chi connectivity index (χ1v) is 11.5. The quantitative estimate of drug-likeness (QED) is 0.250. The highest BCUT2D eigenvalue weighted by Gasteiger charge is 2.26. The van der Waals surface area contributed by atoms with E-state index >= 15 is 0 Å². The molecule has 1 atom stereocenters. The molecule has 7 heteroatoms. The van der Waals surface area contributed by atoms with Crippen LogP contribution in [0.5, 0.6) is 5.75 Å². The molecule has 1 aliphatic rings. The summed E-state index contributed by atoms with van der Waals surface area (Å²) in [6.07, 6.45) is 5.90. The third-order valence-corrected chi connectivity index (χ3v) is 6.00. The zero-order valence-electron chi connectivity index (χ0n) is 19.5. The number of hydrogen-bond donors (Lipinski definition) is 1. The lowest BCUT2D eigenvalue weighted by Gasteiger charge is -2.22. The van der Waals surface area contributed by atoms with Crippen LogP contribution in [0.3, 0.4) is 0 Å². The first kappa shape index (κ1) is 25.1. The fraction of sp³-hybridized carbons (Fsp3) is 0.385. The van der Waals surface area contributed by atoms with Gasteiger partial charge < -0.3 is 19.5 Å². The van der Waals surface area contributed by atoms with Crippen molar-refractivity contribution >= 4 is 29.9 Å². The fourth-order valence-electron chi connectivity index (χ4n) is 4.28. The lowest BCUT2D eigenvalue weighted by Crippen LogP contribution is -2.40. The minimum Gasteiger partial charge on any atom is -0.497 e. The van der Waals surface area contributed by atoms with E-state index in [1.165, 1.54) is 11.1 Å². The summed E-state index contributed by atoms with van der Waals surface area (Å²) in [6.45, 7) is 6.56. The zero-order chi connectivity index (χ0) is 22.2. The SMILES string of the molecule is CCNC(=NCCc1nccn1Cc1ccccc1)N1CCC(c2ccc(OC)cc2)C1.I. The summed E-state index contributed by atoms with van der Waals surface area (Å²) in [6, 6.07) is 19.0. The Morgan fingerprint density at radius 1 is 1.15 bits per heavy atom. The third kappa shape index (κ3) is 6.72. The van der Waals surface area contributed by atoms with Gasteiger partial charge >= 0.3 is 0 Å². The van der Waals surface area contributed by atoms with Crippen molar-refractivity contribution in [2.75, 3.05) is 33.3 Å². The van der Waals surface area contributed by atoms with Crippen LogP contribution in [0.2, 0.25) is 0 Å². The van der Waals surface area contributed by atoms with Crippen LogP contribution in [-0.2, 0) is 13.0 Å². The van der Waals surface area contributed by atoms with Gasteiger partial charge in [-0.2, -0.15) is 0 Å². The number of guanidine groups is 1. The summed E-state index contributed by atoms with van der Waals surface area (Å²) in [5.74, 6) is 3.51. The number of likely N-dealkylation sites (tertiary alicyclic amines) is 1. The van der Waals surface area contributed by atoms with E-state index in [4.69, 9.17) is 9.73 Å². The van der Waals surface area contributed by atoms with Gasteiger partial charge in [-0.3, -0.25) is 4.99 Å². The lowest BCUT2D eigenvalue weighted by molar-refractivity contribution is 0.414. The summed E-state index contributed by atoms with van der Waals surface area (Å²) in [5.41, 5.74) is 2.65. The van der Waals surface area contributed by atoms with E-state index in [0.717, 1.165) is 63.1 Å². The Hall–Kier alpha value is -2.55. The molecule has 1 aliphatic heterocycles. The van der Waals surface area contributed by atoms with Gasteiger partial charge in [-0.25, -0.2) is 4.98 Å². The Morgan fingerprint density at radius 2 is 1.94 bits per heavy atom. The molecule has 176 valence electrons. The second kappa shape index (κ2) is 12.6. The molecule has 1 fully saturated rings. The van der Waals surface area contributed by atoms with Gasteiger partial charge in [-0.15, -0.1) is 24.0 Å². The normalized spacial score (nSPS) is 15.9. The first-order chi connectivity index (χ1) is 15.8. The van der Waals surface area contributed by atoms with Crippen LogP contribution in [0, 0.1) is 0 Å². The summed E-state index contributed by atoms with van der Waals surface area (Å²) >= 11 is 0. The molecule has 33 heavy (non-hydrogen) atoms. The first-order valence-electron chi connectivity index (χ1n) is 11.5. The third-order valence-electron chi connectivity index (χ3n) is 6.00. The number of imidazole rings is 1. The molecule has 4 rings (SSSR count). The topological polar surface area (TPSA) is 54.7 Å². The fourth-order valence-corrected chi connectivity index (χ4v) is 4.28. The van der Waals surface area contributed by atoms with Crippen molar-refractivity contribution in [2.45, 2.75) is 32.2 Å². The van der Waals surface area contributed by atoms with Crippen molar-refractivity contribution in [1.82, 2.24) is 19.8 Å². The average Bonchev–Trinajstić information content (AvgIpc) is 3.49. The van der Waals surface area contributed by atoms with Crippen molar-refractivity contribution < 1.29 is 4.74 Å². The zero-order valence-corrected chi connectivity index (χ0v) is 21.8. The van der Waals surface area contributed by atoms with E-state index in [-0.39, 0.29) is 24.0 Å². The molecule has 3 aromatic rings. The van der Waals surface area contributed by atoms with Gasteiger partial charge in [0.05, 0.1) is 7.11 Å². The van der Waals surface area contributed by atoms with Crippen LogP contribution in [0.25, 0.3) is 0 Å². The molecule has 0 amide bonds. The molecular weight excluding hydrogens is 525 g/mol. The number of halogens is 1. The van der Waals surface area contributed by atoms with Crippen LogP contribution >= 0.6 is 24.0 Å². The summed E-state index contributed by atoms with van der Waals surface area (Å²) in [4.78, 5) is 11.9. The number of rotatable bonds is 8. The average molecular weight is 559 g/mol. The summed E-state index contributed by atoms with van der Waals surface area (Å²) in [7, 11) is 1.71. The highest BCUT2D eigenvalue weighted by Crippen LogP contribution is 2.28. The van der Waals surface area contributed by atoms with E-state index in [2.05, 4.69) is 81.4 Å². The lowest BCUT2D eigenvalue weighted by atomic mass is 9.98. The van der Waals surface area contributed by atoms with E-state index in [0.29, 0.717) is 5.92 Å². The number of nitrogens with one attached hydrogen (secondary N) is 1. The molecule has 0 radical (unpaired) electrons. The Labute approximate surface area is 214 Å². The van der Waals surface area contributed by atoms with Crippen molar-refractivity contribution in [3.05, 3.63) is 83.9 Å². The predicted octanol–water partition coefficient (Wildman–Crippen LogP) is 4.56. The minimum absolute atomic E-state index is 0. The van der Waals surface area contributed by atoms with Gasteiger partial charge in [0.1, 0.15) is 11.6 Å². The largest absolute Gasteiger partial charge is 0.497 e. The smallest absolute Gasteiger partial charge is 0.193 e. The molecule has 0 bridgehead atoms. The van der Waals surface area contributed by atoms with Crippen LogP contribution < -0.4 is 10.1 Å². The maximum atomic E-state index is 5.29. The number of hydrogen-bond acceptors (Lipinski definition) is 3. The molecular formula is C26H34IN5O. The second-order valence-corrected chi connectivity index (χ2v) is 8.15. The number of benzene rings is 2. The van der Waals surface area contributed by atoms with E-state index < -0.39 is 0 Å². The minimum atomic E-state index is 0. The maximum Gasteiger partial charge on any atom is 0.193 e. The monoisotopic (exact) mass is 559 g/mol. The van der Waals surface area contributed by atoms with Crippen LogP contribution in [-0.4, -0.2) is 53.7 Å². The molecule has 6 nitrogen and oxygen atoms in total. The standard InChI is InChI=1S/C26H33N5O.HI/c1-3-27-26(31-17-14-23(20-31)22-9-11-24(32-2)12-10-22)29-15-13-25-28-16-18-30(25)19-21-7-5-4-6-8-21;/h4-12,16,18,23H,3,13-15,17,19-20H2,1-2H3,(H,27,29);1H. The second-order valence-electron chi connectivity index (χ2n) is 8.15. The van der Waals surface area contributed by atoms with Gasteiger partial charge in [0.2, 0.25) is 0 Å². The number of methoxy groups -OCH3 is 1. The van der Waals surface area contributed by atoms with E-state index in [1.807, 2.05) is 12.3 Å².